The van der Waals surface area contributed by atoms with Gasteiger partial charge in [-0.25, -0.2) is 0 Å². The standard InChI is InChI=1S/C18H28/c1-3-5-6-16-9-13-18(14-10-16)17-11-7-15(4-2)8-12-17/h9-10,13-15,17H,3-8,11-12H2,1-2H3. The molecule has 2 rings (SSSR count). The van der Waals surface area contributed by atoms with E-state index >= 15 is 0 Å². The smallest absolute Gasteiger partial charge is 0.0162 e. The van der Waals surface area contributed by atoms with Gasteiger partial charge in [-0.1, -0.05) is 51.0 Å². The third-order valence-electron chi connectivity index (χ3n) is 4.69. The number of rotatable bonds is 5. The van der Waals surface area contributed by atoms with Gasteiger partial charge < -0.3 is 0 Å². The molecule has 0 saturated heterocycles. The van der Waals surface area contributed by atoms with Gasteiger partial charge in [-0.15, -0.1) is 0 Å². The molecule has 1 aliphatic rings. The summed E-state index contributed by atoms with van der Waals surface area (Å²) in [6.45, 7) is 4.61. The Balaban J connectivity index is 1.89. The molecule has 100 valence electrons. The lowest BCUT2D eigenvalue weighted by molar-refractivity contribution is 0.319. The summed E-state index contributed by atoms with van der Waals surface area (Å²) in [5, 5.41) is 0. The zero-order chi connectivity index (χ0) is 12.8. The molecule has 0 spiro atoms. The molecular formula is C18H28. The van der Waals surface area contributed by atoms with Crippen LogP contribution in [0.15, 0.2) is 24.3 Å². The highest BCUT2D eigenvalue weighted by atomic mass is 14.3. The van der Waals surface area contributed by atoms with Crippen molar-refractivity contribution in [2.75, 3.05) is 0 Å². The van der Waals surface area contributed by atoms with Gasteiger partial charge in [0, 0.05) is 0 Å². The highest BCUT2D eigenvalue weighted by Crippen LogP contribution is 2.36. The number of hydrogen-bond donors (Lipinski definition) is 0. The van der Waals surface area contributed by atoms with Gasteiger partial charge in [-0.3, -0.25) is 0 Å². The first-order valence-corrected chi connectivity index (χ1v) is 7.92. The molecule has 0 atom stereocenters. The summed E-state index contributed by atoms with van der Waals surface area (Å²) in [5.74, 6) is 1.85. The summed E-state index contributed by atoms with van der Waals surface area (Å²) in [5.41, 5.74) is 3.10. The van der Waals surface area contributed by atoms with Crippen LogP contribution >= 0.6 is 0 Å². The van der Waals surface area contributed by atoms with Gasteiger partial charge in [-0.2, -0.15) is 0 Å². The molecule has 0 bridgehead atoms. The Bertz CT molecular complexity index is 328. The highest BCUT2D eigenvalue weighted by molar-refractivity contribution is 5.25. The lowest BCUT2D eigenvalue weighted by atomic mass is 9.78. The molecule has 0 aromatic heterocycles. The average Bonchev–Trinajstić information content (AvgIpc) is 2.46. The molecule has 18 heavy (non-hydrogen) atoms. The lowest BCUT2D eigenvalue weighted by Crippen LogP contribution is -2.12. The molecule has 0 N–H and O–H groups in total. The maximum Gasteiger partial charge on any atom is -0.0162 e. The van der Waals surface area contributed by atoms with Crippen molar-refractivity contribution in [2.45, 2.75) is 71.1 Å². The quantitative estimate of drug-likeness (QED) is 0.622. The Morgan fingerprint density at radius 2 is 1.61 bits per heavy atom. The summed E-state index contributed by atoms with van der Waals surface area (Å²) in [4.78, 5) is 0. The van der Waals surface area contributed by atoms with Crippen molar-refractivity contribution in [1.82, 2.24) is 0 Å². The van der Waals surface area contributed by atoms with Crippen LogP contribution in [0.25, 0.3) is 0 Å². The second-order valence-electron chi connectivity index (χ2n) is 5.97. The van der Waals surface area contributed by atoms with Gasteiger partial charge in [0.05, 0.1) is 0 Å². The topological polar surface area (TPSA) is 0 Å². The zero-order valence-corrected chi connectivity index (χ0v) is 12.1. The molecular weight excluding hydrogens is 216 g/mol. The monoisotopic (exact) mass is 244 g/mol. The fourth-order valence-corrected chi connectivity index (χ4v) is 3.24. The normalized spacial score (nSPS) is 24.1. The van der Waals surface area contributed by atoms with E-state index in [2.05, 4.69) is 38.1 Å². The molecule has 0 heterocycles. The van der Waals surface area contributed by atoms with Gasteiger partial charge in [-0.05, 0) is 61.5 Å². The van der Waals surface area contributed by atoms with Crippen LogP contribution in [-0.2, 0) is 6.42 Å². The highest BCUT2D eigenvalue weighted by Gasteiger charge is 2.20. The van der Waals surface area contributed by atoms with Crippen molar-refractivity contribution >= 4 is 0 Å². The van der Waals surface area contributed by atoms with E-state index in [1.807, 2.05) is 0 Å². The summed E-state index contributed by atoms with van der Waals surface area (Å²) in [7, 11) is 0. The Morgan fingerprint density at radius 1 is 0.944 bits per heavy atom. The van der Waals surface area contributed by atoms with Crippen LogP contribution in [0.5, 0.6) is 0 Å². The molecule has 0 unspecified atom stereocenters. The van der Waals surface area contributed by atoms with E-state index in [1.165, 1.54) is 56.9 Å². The van der Waals surface area contributed by atoms with E-state index in [0.717, 1.165) is 11.8 Å². The van der Waals surface area contributed by atoms with Gasteiger partial charge in [0.25, 0.3) is 0 Å². The Labute approximate surface area is 113 Å². The molecule has 1 saturated carbocycles. The molecule has 0 nitrogen and oxygen atoms in total. The zero-order valence-electron chi connectivity index (χ0n) is 12.1. The summed E-state index contributed by atoms with van der Waals surface area (Å²) >= 11 is 0. The van der Waals surface area contributed by atoms with E-state index in [1.54, 1.807) is 5.56 Å². The van der Waals surface area contributed by atoms with Gasteiger partial charge in [0.1, 0.15) is 0 Å². The van der Waals surface area contributed by atoms with E-state index in [4.69, 9.17) is 0 Å². The minimum Gasteiger partial charge on any atom is -0.0654 e. The molecule has 0 radical (unpaired) electrons. The van der Waals surface area contributed by atoms with Crippen molar-refractivity contribution in [3.05, 3.63) is 35.4 Å². The Kier molecular flexibility index (Phi) is 5.28. The maximum absolute atomic E-state index is 2.39. The van der Waals surface area contributed by atoms with Crippen LogP contribution in [-0.4, -0.2) is 0 Å². The minimum absolute atomic E-state index is 0.841. The lowest BCUT2D eigenvalue weighted by Gasteiger charge is -2.28. The first kappa shape index (κ1) is 13.6. The van der Waals surface area contributed by atoms with Crippen molar-refractivity contribution in [3.63, 3.8) is 0 Å². The molecule has 1 fully saturated rings. The predicted molar refractivity (Wildman–Crippen MR) is 80.0 cm³/mol. The van der Waals surface area contributed by atoms with Crippen LogP contribution < -0.4 is 0 Å². The largest absolute Gasteiger partial charge is 0.0654 e. The maximum atomic E-state index is 2.39. The minimum atomic E-state index is 0.841. The van der Waals surface area contributed by atoms with Crippen LogP contribution in [0.1, 0.15) is 75.8 Å². The summed E-state index contributed by atoms with van der Waals surface area (Å²) in [6, 6.07) is 9.50. The summed E-state index contributed by atoms with van der Waals surface area (Å²) in [6.07, 6.45) is 10.9. The van der Waals surface area contributed by atoms with E-state index in [-0.39, 0.29) is 0 Å². The molecule has 1 aromatic carbocycles. The molecule has 0 amide bonds. The fraction of sp³-hybridized carbons (Fsp3) is 0.667. The Hall–Kier alpha value is -0.780. The van der Waals surface area contributed by atoms with Crippen LogP contribution in [0.3, 0.4) is 0 Å². The predicted octanol–water partition coefficient (Wildman–Crippen LogP) is 5.71. The van der Waals surface area contributed by atoms with Crippen molar-refractivity contribution in [2.24, 2.45) is 5.92 Å². The molecule has 0 aliphatic heterocycles. The second kappa shape index (κ2) is 6.97. The van der Waals surface area contributed by atoms with Gasteiger partial charge in [0.15, 0.2) is 0 Å². The van der Waals surface area contributed by atoms with Crippen LogP contribution in [0.4, 0.5) is 0 Å². The van der Waals surface area contributed by atoms with Crippen LogP contribution in [0, 0.1) is 5.92 Å². The first-order valence-electron chi connectivity index (χ1n) is 7.92. The number of unbranched alkanes of at least 4 members (excludes halogenated alkanes) is 1. The number of benzene rings is 1. The van der Waals surface area contributed by atoms with Crippen molar-refractivity contribution in [1.29, 1.82) is 0 Å². The SMILES string of the molecule is CCCCc1ccc(C2CCC(CC)CC2)cc1. The average molecular weight is 244 g/mol. The van der Waals surface area contributed by atoms with E-state index < -0.39 is 0 Å². The third kappa shape index (κ3) is 3.60. The van der Waals surface area contributed by atoms with E-state index in [0.29, 0.717) is 0 Å². The molecule has 1 aliphatic carbocycles. The third-order valence-corrected chi connectivity index (χ3v) is 4.69. The van der Waals surface area contributed by atoms with Gasteiger partial charge >= 0.3 is 0 Å². The van der Waals surface area contributed by atoms with Crippen molar-refractivity contribution < 1.29 is 0 Å². The second-order valence-corrected chi connectivity index (χ2v) is 5.97. The first-order chi connectivity index (χ1) is 8.83. The Morgan fingerprint density at radius 3 is 2.17 bits per heavy atom. The van der Waals surface area contributed by atoms with Gasteiger partial charge in [0.2, 0.25) is 0 Å². The van der Waals surface area contributed by atoms with E-state index in [9.17, 15) is 0 Å². The number of aryl methyl sites for hydroxylation is 1. The van der Waals surface area contributed by atoms with Crippen molar-refractivity contribution in [3.8, 4) is 0 Å². The number of hydrogen-bond acceptors (Lipinski definition) is 0. The molecule has 1 aromatic rings. The van der Waals surface area contributed by atoms with Crippen LogP contribution in [0.2, 0.25) is 0 Å². The summed E-state index contributed by atoms with van der Waals surface area (Å²) < 4.78 is 0. The molecule has 0 heteroatoms. The fourth-order valence-electron chi connectivity index (χ4n) is 3.24.